The van der Waals surface area contributed by atoms with Crippen LogP contribution in [0, 0.1) is 0 Å². The third-order valence-electron chi connectivity index (χ3n) is 2.75. The van der Waals surface area contributed by atoms with E-state index in [9.17, 15) is 4.79 Å². The third-order valence-corrected chi connectivity index (χ3v) is 2.75. The Labute approximate surface area is 78.8 Å². The minimum atomic E-state index is 0.0967. The van der Waals surface area contributed by atoms with Gasteiger partial charge in [-0.3, -0.25) is 5.43 Å². The van der Waals surface area contributed by atoms with E-state index < -0.39 is 0 Å². The molecular formula is C9H17N3O. The monoisotopic (exact) mass is 183 g/mol. The minimum absolute atomic E-state index is 0.0967. The van der Waals surface area contributed by atoms with E-state index in [4.69, 9.17) is 0 Å². The molecule has 4 nitrogen and oxygen atoms in total. The summed E-state index contributed by atoms with van der Waals surface area (Å²) in [6, 6.07) is 0.0967. The number of carbonyl (C=O) groups excluding carboxylic acids is 1. The average Bonchev–Trinajstić information content (AvgIpc) is 2.74. The summed E-state index contributed by atoms with van der Waals surface area (Å²) < 4.78 is 0. The second-order valence-electron chi connectivity index (χ2n) is 3.81. The van der Waals surface area contributed by atoms with E-state index in [1.54, 1.807) is 0 Å². The first-order valence-electron chi connectivity index (χ1n) is 5.17. The summed E-state index contributed by atoms with van der Waals surface area (Å²) in [5.74, 6) is 0. The van der Waals surface area contributed by atoms with Crippen LogP contribution in [-0.2, 0) is 0 Å². The molecule has 0 unspecified atom stereocenters. The van der Waals surface area contributed by atoms with Crippen LogP contribution in [0.15, 0.2) is 0 Å². The molecule has 2 aliphatic heterocycles. The number of hydrogen-bond acceptors (Lipinski definition) is 2. The lowest BCUT2D eigenvalue weighted by atomic mass is 10.4. The molecule has 2 heterocycles. The Morgan fingerprint density at radius 1 is 0.923 bits per heavy atom. The summed E-state index contributed by atoms with van der Waals surface area (Å²) in [5.41, 5.74) is 2.94. The van der Waals surface area contributed by atoms with E-state index >= 15 is 0 Å². The van der Waals surface area contributed by atoms with E-state index in [-0.39, 0.29) is 6.03 Å². The van der Waals surface area contributed by atoms with Gasteiger partial charge in [-0.05, 0) is 25.7 Å². The first-order chi connectivity index (χ1) is 6.36. The molecule has 2 saturated heterocycles. The van der Waals surface area contributed by atoms with Gasteiger partial charge in [0.2, 0.25) is 0 Å². The van der Waals surface area contributed by atoms with Gasteiger partial charge in [0.25, 0.3) is 0 Å². The first-order valence-corrected chi connectivity index (χ1v) is 5.17. The molecule has 0 radical (unpaired) electrons. The first kappa shape index (κ1) is 8.81. The van der Waals surface area contributed by atoms with E-state index in [0.29, 0.717) is 0 Å². The summed E-state index contributed by atoms with van der Waals surface area (Å²) in [7, 11) is 0. The molecule has 13 heavy (non-hydrogen) atoms. The molecule has 0 aromatic rings. The molecule has 0 aliphatic carbocycles. The number of nitrogens with zero attached hydrogens (tertiary/aromatic N) is 2. The standard InChI is InChI=1S/C9H17N3O/c13-9(11-5-1-2-6-11)10-12-7-3-4-8-12/h1-8H2,(H,10,13). The van der Waals surface area contributed by atoms with Crippen LogP contribution in [0.25, 0.3) is 0 Å². The van der Waals surface area contributed by atoms with Gasteiger partial charge in [-0.25, -0.2) is 9.80 Å². The lowest BCUT2D eigenvalue weighted by molar-refractivity contribution is 0.168. The maximum absolute atomic E-state index is 11.6. The Morgan fingerprint density at radius 2 is 1.46 bits per heavy atom. The van der Waals surface area contributed by atoms with Crippen molar-refractivity contribution in [2.24, 2.45) is 0 Å². The SMILES string of the molecule is O=C(NN1CCCC1)N1CCCC1. The number of rotatable bonds is 1. The van der Waals surface area contributed by atoms with Gasteiger partial charge in [0.1, 0.15) is 0 Å². The van der Waals surface area contributed by atoms with Gasteiger partial charge in [-0.2, -0.15) is 0 Å². The highest BCUT2D eigenvalue weighted by atomic mass is 16.2. The van der Waals surface area contributed by atoms with E-state index in [2.05, 4.69) is 5.43 Å². The van der Waals surface area contributed by atoms with Crippen molar-refractivity contribution < 1.29 is 4.79 Å². The number of hydrogen-bond donors (Lipinski definition) is 1. The lowest BCUT2D eigenvalue weighted by Gasteiger charge is -2.21. The van der Waals surface area contributed by atoms with Crippen LogP contribution in [0.1, 0.15) is 25.7 Å². The predicted molar refractivity (Wildman–Crippen MR) is 50.1 cm³/mol. The van der Waals surface area contributed by atoms with Crippen molar-refractivity contribution in [3.8, 4) is 0 Å². The van der Waals surface area contributed by atoms with Crippen LogP contribution in [-0.4, -0.2) is 42.1 Å². The number of carbonyl (C=O) groups is 1. The highest BCUT2D eigenvalue weighted by molar-refractivity contribution is 5.73. The molecule has 0 atom stereocenters. The van der Waals surface area contributed by atoms with Crippen molar-refractivity contribution in [2.45, 2.75) is 25.7 Å². The van der Waals surface area contributed by atoms with Gasteiger partial charge in [-0.1, -0.05) is 0 Å². The smallest absolute Gasteiger partial charge is 0.324 e. The normalized spacial score (nSPS) is 23.8. The fraction of sp³-hybridized carbons (Fsp3) is 0.889. The molecule has 0 aromatic heterocycles. The second-order valence-corrected chi connectivity index (χ2v) is 3.81. The van der Waals surface area contributed by atoms with Gasteiger partial charge in [-0.15, -0.1) is 0 Å². The molecule has 1 N–H and O–H groups in total. The molecule has 0 aromatic carbocycles. The Bertz CT molecular complexity index is 183. The molecule has 2 fully saturated rings. The van der Waals surface area contributed by atoms with Crippen LogP contribution < -0.4 is 5.43 Å². The fourth-order valence-electron chi connectivity index (χ4n) is 1.96. The Kier molecular flexibility index (Phi) is 2.68. The zero-order chi connectivity index (χ0) is 9.10. The fourth-order valence-corrected chi connectivity index (χ4v) is 1.96. The van der Waals surface area contributed by atoms with Crippen LogP contribution in [0.4, 0.5) is 4.79 Å². The molecule has 4 heteroatoms. The molecule has 2 amide bonds. The maximum atomic E-state index is 11.6. The quantitative estimate of drug-likeness (QED) is 0.652. The summed E-state index contributed by atoms with van der Waals surface area (Å²) in [4.78, 5) is 13.5. The Balaban J connectivity index is 1.76. The number of amides is 2. The highest BCUT2D eigenvalue weighted by Crippen LogP contribution is 2.09. The van der Waals surface area contributed by atoms with E-state index in [1.807, 2.05) is 9.91 Å². The zero-order valence-electron chi connectivity index (χ0n) is 7.96. The summed E-state index contributed by atoms with van der Waals surface area (Å²) in [6.45, 7) is 3.89. The topological polar surface area (TPSA) is 35.6 Å². The summed E-state index contributed by atoms with van der Waals surface area (Å²) in [5, 5.41) is 2.03. The van der Waals surface area contributed by atoms with Crippen molar-refractivity contribution in [1.29, 1.82) is 0 Å². The zero-order valence-corrected chi connectivity index (χ0v) is 7.96. The molecule has 74 valence electrons. The van der Waals surface area contributed by atoms with E-state index in [1.165, 1.54) is 12.8 Å². The molecule has 0 spiro atoms. The van der Waals surface area contributed by atoms with Crippen molar-refractivity contribution in [1.82, 2.24) is 15.3 Å². The van der Waals surface area contributed by atoms with Gasteiger partial charge in [0.15, 0.2) is 0 Å². The van der Waals surface area contributed by atoms with Gasteiger partial charge in [0, 0.05) is 26.2 Å². The molecular weight excluding hydrogens is 166 g/mol. The molecule has 0 bridgehead atoms. The average molecular weight is 183 g/mol. The van der Waals surface area contributed by atoms with Crippen molar-refractivity contribution in [3.05, 3.63) is 0 Å². The number of hydrazine groups is 1. The van der Waals surface area contributed by atoms with Crippen molar-refractivity contribution in [2.75, 3.05) is 26.2 Å². The summed E-state index contributed by atoms with van der Waals surface area (Å²) in [6.07, 6.45) is 4.74. The molecule has 2 aliphatic rings. The number of likely N-dealkylation sites (tertiary alicyclic amines) is 1. The maximum Gasteiger partial charge on any atom is 0.331 e. The number of nitrogens with one attached hydrogen (secondary N) is 1. The van der Waals surface area contributed by atoms with Crippen molar-refractivity contribution in [3.63, 3.8) is 0 Å². The van der Waals surface area contributed by atoms with Crippen molar-refractivity contribution >= 4 is 6.03 Å². The van der Waals surface area contributed by atoms with Gasteiger partial charge in [0.05, 0.1) is 0 Å². The van der Waals surface area contributed by atoms with Crippen LogP contribution in [0.2, 0.25) is 0 Å². The Morgan fingerprint density at radius 3 is 2.08 bits per heavy atom. The molecule has 0 saturated carbocycles. The lowest BCUT2D eigenvalue weighted by Crippen LogP contribution is -2.46. The largest absolute Gasteiger partial charge is 0.331 e. The van der Waals surface area contributed by atoms with Crippen LogP contribution >= 0.6 is 0 Å². The van der Waals surface area contributed by atoms with Gasteiger partial charge >= 0.3 is 6.03 Å². The predicted octanol–water partition coefficient (Wildman–Crippen LogP) is 0.803. The third kappa shape index (κ3) is 2.12. The summed E-state index contributed by atoms with van der Waals surface area (Å²) >= 11 is 0. The second kappa shape index (κ2) is 3.96. The minimum Gasteiger partial charge on any atom is -0.324 e. The highest BCUT2D eigenvalue weighted by Gasteiger charge is 2.20. The molecule has 2 rings (SSSR count). The van der Waals surface area contributed by atoms with E-state index in [0.717, 1.165) is 39.0 Å². The Hall–Kier alpha value is -0.770. The van der Waals surface area contributed by atoms with Gasteiger partial charge < -0.3 is 4.90 Å². The van der Waals surface area contributed by atoms with Crippen LogP contribution in [0.5, 0.6) is 0 Å². The van der Waals surface area contributed by atoms with Crippen LogP contribution in [0.3, 0.4) is 0 Å². The number of urea groups is 1.